The predicted octanol–water partition coefficient (Wildman–Crippen LogP) is 4.84. The number of amides is 1. The molecule has 0 radical (unpaired) electrons. The molecule has 1 amide bonds. The van der Waals surface area contributed by atoms with Gasteiger partial charge in [0.2, 0.25) is 0 Å². The first kappa shape index (κ1) is 20.2. The fourth-order valence-electron chi connectivity index (χ4n) is 4.11. The van der Waals surface area contributed by atoms with Crippen LogP contribution in [0.15, 0.2) is 72.9 Å². The van der Waals surface area contributed by atoms with Crippen LogP contribution in [0.5, 0.6) is 0 Å². The highest BCUT2D eigenvalue weighted by Crippen LogP contribution is 2.42. The van der Waals surface area contributed by atoms with Crippen LogP contribution < -0.4 is 0 Å². The Bertz CT molecular complexity index is 1190. The van der Waals surface area contributed by atoms with Gasteiger partial charge in [0.05, 0.1) is 28.8 Å². The first-order valence-corrected chi connectivity index (χ1v) is 11.2. The van der Waals surface area contributed by atoms with E-state index in [-0.39, 0.29) is 5.91 Å². The van der Waals surface area contributed by atoms with Crippen LogP contribution in [0.2, 0.25) is 0 Å². The molecule has 0 spiro atoms. The first-order valence-electron chi connectivity index (χ1n) is 11.2. The van der Waals surface area contributed by atoms with Gasteiger partial charge < -0.3 is 4.90 Å². The molecule has 4 aromatic rings. The first-order chi connectivity index (χ1) is 15.7. The summed E-state index contributed by atoms with van der Waals surface area (Å²) in [4.78, 5) is 15.0. The topological polar surface area (TPSA) is 66.8 Å². The van der Waals surface area contributed by atoms with Crippen molar-refractivity contribution in [2.45, 2.75) is 31.6 Å². The summed E-state index contributed by atoms with van der Waals surface area (Å²) in [6.07, 6.45) is 5.68. The zero-order valence-corrected chi connectivity index (χ0v) is 18.2. The van der Waals surface area contributed by atoms with Crippen molar-refractivity contribution < 1.29 is 4.79 Å². The fraction of sp³-hybridized carbons (Fsp3) is 0.269. The maximum atomic E-state index is 13.2. The van der Waals surface area contributed by atoms with Crippen molar-refractivity contribution in [1.29, 1.82) is 0 Å². The number of benzene rings is 2. The molecule has 2 heterocycles. The standard InChI is InChI=1S/C26H27N5O/c1-30(16-8-11-21-17-24(29-28-21)19-9-4-2-5-10-19)26(32)23-18-27-31(25(23)20-14-15-20)22-12-6-3-7-13-22/h2-7,9-10,12-13,17-18,20H,8,11,14-16H2,1H3,(H,28,29). The predicted molar refractivity (Wildman–Crippen MR) is 125 cm³/mol. The van der Waals surface area contributed by atoms with Gasteiger partial charge in [-0.1, -0.05) is 48.5 Å². The molecule has 1 fully saturated rings. The summed E-state index contributed by atoms with van der Waals surface area (Å²) in [6, 6.07) is 22.3. The molecule has 0 atom stereocenters. The van der Waals surface area contributed by atoms with E-state index in [0.717, 1.165) is 59.6 Å². The van der Waals surface area contributed by atoms with Gasteiger partial charge in [-0.3, -0.25) is 9.89 Å². The quantitative estimate of drug-likeness (QED) is 0.439. The minimum atomic E-state index is 0.0451. The van der Waals surface area contributed by atoms with Crippen molar-refractivity contribution in [2.75, 3.05) is 13.6 Å². The van der Waals surface area contributed by atoms with E-state index in [1.807, 2.05) is 65.2 Å². The van der Waals surface area contributed by atoms with Gasteiger partial charge in [-0.25, -0.2) is 4.68 Å². The van der Waals surface area contributed by atoms with Gasteiger partial charge in [-0.05, 0) is 43.9 Å². The molecule has 0 aliphatic heterocycles. The molecule has 1 N–H and O–H groups in total. The second kappa shape index (κ2) is 8.83. The van der Waals surface area contributed by atoms with Crippen molar-refractivity contribution in [1.82, 2.24) is 24.9 Å². The van der Waals surface area contributed by atoms with Crippen LogP contribution >= 0.6 is 0 Å². The van der Waals surface area contributed by atoms with Crippen molar-refractivity contribution >= 4 is 5.91 Å². The Balaban J connectivity index is 1.23. The van der Waals surface area contributed by atoms with Crippen LogP contribution in [0.1, 0.15) is 46.9 Å². The fourth-order valence-corrected chi connectivity index (χ4v) is 4.11. The van der Waals surface area contributed by atoms with Crippen LogP contribution in [-0.2, 0) is 6.42 Å². The third kappa shape index (κ3) is 4.21. The molecule has 5 rings (SSSR count). The van der Waals surface area contributed by atoms with Crippen LogP contribution in [0, 0.1) is 0 Å². The van der Waals surface area contributed by atoms with Gasteiger partial charge in [0.15, 0.2) is 0 Å². The molecule has 1 saturated carbocycles. The third-order valence-corrected chi connectivity index (χ3v) is 5.99. The number of aryl methyl sites for hydroxylation is 1. The van der Waals surface area contributed by atoms with E-state index in [2.05, 4.69) is 33.5 Å². The SMILES string of the molecule is CN(CCCc1cc(-c2ccccc2)n[nH]1)C(=O)c1cnn(-c2ccccc2)c1C1CC1. The number of hydrogen-bond acceptors (Lipinski definition) is 3. The maximum absolute atomic E-state index is 13.2. The Labute approximate surface area is 187 Å². The van der Waals surface area contributed by atoms with Gasteiger partial charge in [-0.2, -0.15) is 10.2 Å². The number of aromatic amines is 1. The smallest absolute Gasteiger partial charge is 0.257 e. The van der Waals surface area contributed by atoms with E-state index < -0.39 is 0 Å². The Kier molecular flexibility index (Phi) is 5.58. The summed E-state index contributed by atoms with van der Waals surface area (Å²) in [5.74, 6) is 0.468. The number of nitrogens with zero attached hydrogens (tertiary/aromatic N) is 4. The van der Waals surface area contributed by atoms with E-state index in [4.69, 9.17) is 0 Å². The van der Waals surface area contributed by atoms with Gasteiger partial charge in [0.25, 0.3) is 5.91 Å². The number of nitrogens with one attached hydrogen (secondary N) is 1. The number of carbonyl (C=O) groups is 1. The number of aromatic nitrogens is 4. The molecular weight excluding hydrogens is 398 g/mol. The highest BCUT2D eigenvalue weighted by atomic mass is 16.2. The van der Waals surface area contributed by atoms with Gasteiger partial charge in [0.1, 0.15) is 0 Å². The molecule has 0 unspecified atom stereocenters. The average molecular weight is 426 g/mol. The van der Waals surface area contributed by atoms with Gasteiger partial charge >= 0.3 is 0 Å². The van der Waals surface area contributed by atoms with Crippen molar-refractivity contribution in [3.05, 3.63) is 89.9 Å². The molecule has 32 heavy (non-hydrogen) atoms. The summed E-state index contributed by atoms with van der Waals surface area (Å²) in [7, 11) is 1.88. The lowest BCUT2D eigenvalue weighted by Crippen LogP contribution is -2.28. The summed E-state index contributed by atoms with van der Waals surface area (Å²) in [6.45, 7) is 0.680. The summed E-state index contributed by atoms with van der Waals surface area (Å²) >= 11 is 0. The largest absolute Gasteiger partial charge is 0.342 e. The molecule has 6 heteroatoms. The van der Waals surface area contributed by atoms with E-state index in [1.54, 1.807) is 6.20 Å². The van der Waals surface area contributed by atoms with Crippen LogP contribution in [-0.4, -0.2) is 44.4 Å². The number of rotatable bonds is 8. The third-order valence-electron chi connectivity index (χ3n) is 5.99. The molecule has 0 bridgehead atoms. The van der Waals surface area contributed by atoms with Crippen LogP contribution in [0.4, 0.5) is 0 Å². The molecule has 2 aromatic heterocycles. The molecule has 1 aliphatic rings. The van der Waals surface area contributed by atoms with Gasteiger partial charge in [0, 0.05) is 30.8 Å². The van der Waals surface area contributed by atoms with E-state index in [1.165, 1.54) is 0 Å². The maximum Gasteiger partial charge on any atom is 0.257 e. The lowest BCUT2D eigenvalue weighted by Gasteiger charge is -2.17. The van der Waals surface area contributed by atoms with Crippen LogP contribution in [0.3, 0.4) is 0 Å². The van der Waals surface area contributed by atoms with E-state index >= 15 is 0 Å². The highest BCUT2D eigenvalue weighted by molar-refractivity contribution is 5.95. The molecule has 6 nitrogen and oxygen atoms in total. The van der Waals surface area contributed by atoms with Gasteiger partial charge in [-0.15, -0.1) is 0 Å². The summed E-state index contributed by atoms with van der Waals surface area (Å²) < 4.78 is 1.94. The lowest BCUT2D eigenvalue weighted by molar-refractivity contribution is 0.0792. The Morgan fingerprint density at radius 1 is 1.09 bits per heavy atom. The second-order valence-corrected chi connectivity index (χ2v) is 8.44. The zero-order chi connectivity index (χ0) is 21.9. The van der Waals surface area contributed by atoms with Crippen molar-refractivity contribution in [2.24, 2.45) is 0 Å². The van der Waals surface area contributed by atoms with E-state index in [9.17, 15) is 4.79 Å². The molecule has 162 valence electrons. The average Bonchev–Trinajstić information content (AvgIpc) is 3.40. The molecule has 1 aliphatic carbocycles. The van der Waals surface area contributed by atoms with Crippen LogP contribution in [0.25, 0.3) is 16.9 Å². The van der Waals surface area contributed by atoms with Crippen molar-refractivity contribution in [3.8, 4) is 16.9 Å². The Morgan fingerprint density at radius 2 is 1.81 bits per heavy atom. The normalized spacial score (nSPS) is 13.3. The number of para-hydroxylation sites is 1. The molecule has 0 saturated heterocycles. The van der Waals surface area contributed by atoms with E-state index in [0.29, 0.717) is 12.5 Å². The highest BCUT2D eigenvalue weighted by Gasteiger charge is 2.33. The molecule has 2 aromatic carbocycles. The summed E-state index contributed by atoms with van der Waals surface area (Å²) in [5, 5.41) is 12.1. The Morgan fingerprint density at radius 3 is 2.53 bits per heavy atom. The minimum Gasteiger partial charge on any atom is -0.342 e. The molecular formula is C26H27N5O. The zero-order valence-electron chi connectivity index (χ0n) is 18.2. The minimum absolute atomic E-state index is 0.0451. The lowest BCUT2D eigenvalue weighted by atomic mass is 10.1. The van der Waals surface area contributed by atoms with Crippen molar-refractivity contribution in [3.63, 3.8) is 0 Å². The Hall–Kier alpha value is -3.67. The number of carbonyl (C=O) groups excluding carboxylic acids is 1. The second-order valence-electron chi connectivity index (χ2n) is 8.44. The number of hydrogen-bond donors (Lipinski definition) is 1. The summed E-state index contributed by atoms with van der Waals surface area (Å²) in [5.41, 5.74) is 5.92. The number of H-pyrrole nitrogens is 1. The monoisotopic (exact) mass is 425 g/mol.